The zero-order valence-electron chi connectivity index (χ0n) is 9.33. The first-order valence-electron chi connectivity index (χ1n) is 5.64. The van der Waals surface area contributed by atoms with E-state index in [9.17, 15) is 5.11 Å². The van der Waals surface area contributed by atoms with E-state index >= 15 is 0 Å². The molecule has 16 heavy (non-hydrogen) atoms. The summed E-state index contributed by atoms with van der Waals surface area (Å²) in [4.78, 5) is 8.62. The van der Waals surface area contributed by atoms with Gasteiger partial charge in [-0.15, -0.1) is 0 Å². The van der Waals surface area contributed by atoms with E-state index in [1.54, 1.807) is 6.92 Å². The largest absolute Gasteiger partial charge is 0.392 e. The Kier molecular flexibility index (Phi) is 3.61. The standard InChI is InChI=1S/C11H16ClN3O/c1-7(16)6-13-11-14-9-5-3-2-4-8(9)10(12)15-11/h7,16H,2-6H2,1H3,(H,13,14,15). The number of hydrogen-bond donors (Lipinski definition) is 2. The smallest absolute Gasteiger partial charge is 0.224 e. The van der Waals surface area contributed by atoms with Crippen LogP contribution in [0.2, 0.25) is 5.15 Å². The van der Waals surface area contributed by atoms with Crippen molar-refractivity contribution >= 4 is 17.5 Å². The summed E-state index contributed by atoms with van der Waals surface area (Å²) in [5.74, 6) is 0.520. The summed E-state index contributed by atoms with van der Waals surface area (Å²) in [5, 5.41) is 12.7. The molecule has 1 aromatic heterocycles. The van der Waals surface area contributed by atoms with Crippen molar-refractivity contribution in [3.63, 3.8) is 0 Å². The number of aliphatic hydroxyl groups is 1. The van der Waals surface area contributed by atoms with Gasteiger partial charge in [0.1, 0.15) is 5.15 Å². The zero-order valence-corrected chi connectivity index (χ0v) is 10.1. The maximum atomic E-state index is 9.17. The Bertz CT molecular complexity index is 382. The van der Waals surface area contributed by atoms with Gasteiger partial charge >= 0.3 is 0 Å². The lowest BCUT2D eigenvalue weighted by atomic mass is 9.97. The second-order valence-corrected chi connectivity index (χ2v) is 4.56. The molecule has 1 aromatic rings. The molecule has 0 bridgehead atoms. The Labute approximate surface area is 100 Å². The molecule has 1 aliphatic carbocycles. The first-order chi connectivity index (χ1) is 7.66. The van der Waals surface area contributed by atoms with E-state index in [1.807, 2.05) is 0 Å². The highest BCUT2D eigenvalue weighted by atomic mass is 35.5. The Morgan fingerprint density at radius 3 is 2.88 bits per heavy atom. The van der Waals surface area contributed by atoms with Crippen molar-refractivity contribution in [2.75, 3.05) is 11.9 Å². The third kappa shape index (κ3) is 2.62. The van der Waals surface area contributed by atoms with Gasteiger partial charge in [0.2, 0.25) is 5.95 Å². The minimum Gasteiger partial charge on any atom is -0.392 e. The second-order valence-electron chi connectivity index (χ2n) is 4.20. The molecule has 0 spiro atoms. The molecule has 88 valence electrons. The van der Waals surface area contributed by atoms with Crippen LogP contribution in [0, 0.1) is 0 Å². The SMILES string of the molecule is CC(O)CNc1nc(Cl)c2c(n1)CCCC2. The highest BCUT2D eigenvalue weighted by Gasteiger charge is 2.16. The Morgan fingerprint density at radius 2 is 2.12 bits per heavy atom. The molecule has 4 nitrogen and oxygen atoms in total. The molecule has 0 saturated carbocycles. The van der Waals surface area contributed by atoms with Crippen molar-refractivity contribution in [1.82, 2.24) is 9.97 Å². The second kappa shape index (κ2) is 4.97. The van der Waals surface area contributed by atoms with Crippen molar-refractivity contribution < 1.29 is 5.11 Å². The lowest BCUT2D eigenvalue weighted by Crippen LogP contribution is -2.18. The van der Waals surface area contributed by atoms with Gasteiger partial charge in [-0.05, 0) is 32.6 Å². The first kappa shape index (κ1) is 11.6. The molecule has 0 aromatic carbocycles. The van der Waals surface area contributed by atoms with Gasteiger partial charge in [0.05, 0.1) is 11.8 Å². The predicted octanol–water partition coefficient (Wildman–Crippen LogP) is 1.80. The summed E-state index contributed by atoms with van der Waals surface area (Å²) in [7, 11) is 0. The summed E-state index contributed by atoms with van der Waals surface area (Å²) in [6, 6.07) is 0. The lowest BCUT2D eigenvalue weighted by Gasteiger charge is -2.17. The molecule has 1 aliphatic rings. The Morgan fingerprint density at radius 1 is 1.38 bits per heavy atom. The lowest BCUT2D eigenvalue weighted by molar-refractivity contribution is 0.208. The van der Waals surface area contributed by atoms with Crippen LogP contribution in [0.5, 0.6) is 0 Å². The van der Waals surface area contributed by atoms with E-state index in [-0.39, 0.29) is 0 Å². The van der Waals surface area contributed by atoms with Gasteiger partial charge in [-0.3, -0.25) is 0 Å². The van der Waals surface area contributed by atoms with Crippen LogP contribution in [-0.2, 0) is 12.8 Å². The van der Waals surface area contributed by atoms with Crippen LogP contribution in [0.3, 0.4) is 0 Å². The number of nitrogens with zero attached hydrogens (tertiary/aromatic N) is 2. The number of rotatable bonds is 3. The molecule has 1 unspecified atom stereocenters. The van der Waals surface area contributed by atoms with Gasteiger partial charge in [0.15, 0.2) is 0 Å². The number of aromatic nitrogens is 2. The summed E-state index contributed by atoms with van der Waals surface area (Å²) in [6.07, 6.45) is 3.86. The quantitative estimate of drug-likeness (QED) is 0.793. The molecular formula is C11H16ClN3O. The number of fused-ring (bicyclic) bond motifs is 1. The van der Waals surface area contributed by atoms with Crippen LogP contribution < -0.4 is 5.32 Å². The molecule has 0 fully saturated rings. The van der Waals surface area contributed by atoms with Crippen molar-refractivity contribution in [2.45, 2.75) is 38.7 Å². The topological polar surface area (TPSA) is 58.0 Å². The third-order valence-electron chi connectivity index (χ3n) is 2.69. The van der Waals surface area contributed by atoms with Gasteiger partial charge in [-0.25, -0.2) is 9.97 Å². The zero-order chi connectivity index (χ0) is 11.5. The molecule has 1 heterocycles. The number of halogens is 1. The molecule has 0 amide bonds. The number of aryl methyl sites for hydroxylation is 1. The van der Waals surface area contributed by atoms with Crippen molar-refractivity contribution in [2.24, 2.45) is 0 Å². The Balaban J connectivity index is 2.18. The molecule has 0 radical (unpaired) electrons. The molecule has 1 atom stereocenters. The molecule has 0 aliphatic heterocycles. The van der Waals surface area contributed by atoms with E-state index in [1.165, 1.54) is 0 Å². The maximum Gasteiger partial charge on any atom is 0.224 e. The average Bonchev–Trinajstić information content (AvgIpc) is 2.26. The summed E-state index contributed by atoms with van der Waals surface area (Å²) in [5.41, 5.74) is 2.15. The predicted molar refractivity (Wildman–Crippen MR) is 63.9 cm³/mol. The highest BCUT2D eigenvalue weighted by molar-refractivity contribution is 6.30. The third-order valence-corrected chi connectivity index (χ3v) is 3.00. The molecule has 2 rings (SSSR count). The van der Waals surface area contributed by atoms with Crippen LogP contribution in [0.4, 0.5) is 5.95 Å². The van der Waals surface area contributed by atoms with Crippen LogP contribution in [-0.4, -0.2) is 27.7 Å². The van der Waals surface area contributed by atoms with E-state index in [0.717, 1.165) is 36.9 Å². The van der Waals surface area contributed by atoms with Crippen molar-refractivity contribution in [3.8, 4) is 0 Å². The monoisotopic (exact) mass is 241 g/mol. The van der Waals surface area contributed by atoms with Crippen LogP contribution in [0.1, 0.15) is 31.0 Å². The molecule has 2 N–H and O–H groups in total. The van der Waals surface area contributed by atoms with Crippen molar-refractivity contribution in [1.29, 1.82) is 0 Å². The fraction of sp³-hybridized carbons (Fsp3) is 0.636. The van der Waals surface area contributed by atoms with E-state index in [4.69, 9.17) is 11.6 Å². The van der Waals surface area contributed by atoms with Gasteiger partial charge in [-0.1, -0.05) is 11.6 Å². The van der Waals surface area contributed by atoms with Crippen LogP contribution in [0.25, 0.3) is 0 Å². The van der Waals surface area contributed by atoms with E-state index in [0.29, 0.717) is 17.6 Å². The minimum absolute atomic E-state index is 0.418. The van der Waals surface area contributed by atoms with Crippen molar-refractivity contribution in [3.05, 3.63) is 16.4 Å². The highest BCUT2D eigenvalue weighted by Crippen LogP contribution is 2.26. The normalized spacial score (nSPS) is 16.7. The maximum absolute atomic E-state index is 9.17. The van der Waals surface area contributed by atoms with Gasteiger partial charge in [0, 0.05) is 12.1 Å². The average molecular weight is 242 g/mol. The summed E-state index contributed by atoms with van der Waals surface area (Å²) in [6.45, 7) is 2.15. The molecule has 0 saturated heterocycles. The Hall–Kier alpha value is -0.870. The van der Waals surface area contributed by atoms with Crippen LogP contribution >= 0.6 is 11.6 Å². The fourth-order valence-electron chi connectivity index (χ4n) is 1.87. The summed E-state index contributed by atoms with van der Waals surface area (Å²) < 4.78 is 0. The molecular weight excluding hydrogens is 226 g/mol. The van der Waals surface area contributed by atoms with Gasteiger partial charge in [0.25, 0.3) is 0 Å². The van der Waals surface area contributed by atoms with E-state index < -0.39 is 6.10 Å². The number of hydrogen-bond acceptors (Lipinski definition) is 4. The fourth-order valence-corrected chi connectivity index (χ4v) is 2.15. The summed E-state index contributed by atoms with van der Waals surface area (Å²) >= 11 is 6.11. The number of anilines is 1. The number of nitrogens with one attached hydrogen (secondary N) is 1. The van der Waals surface area contributed by atoms with Gasteiger partial charge in [-0.2, -0.15) is 0 Å². The first-order valence-corrected chi connectivity index (χ1v) is 6.02. The van der Waals surface area contributed by atoms with E-state index in [2.05, 4.69) is 15.3 Å². The number of aliphatic hydroxyl groups excluding tert-OH is 1. The minimum atomic E-state index is -0.418. The van der Waals surface area contributed by atoms with Crippen LogP contribution in [0.15, 0.2) is 0 Å². The molecule has 5 heteroatoms. The van der Waals surface area contributed by atoms with Gasteiger partial charge < -0.3 is 10.4 Å².